The third-order valence-electron chi connectivity index (χ3n) is 5.00. The minimum atomic E-state index is -4.49. The average molecular weight is 463 g/mol. The van der Waals surface area contributed by atoms with Gasteiger partial charge in [0.05, 0.1) is 16.4 Å². The number of H-pyrrole nitrogens is 1. The van der Waals surface area contributed by atoms with E-state index < -0.39 is 18.2 Å². The Bertz CT molecular complexity index is 1300. The van der Waals surface area contributed by atoms with E-state index in [1.54, 1.807) is 16.8 Å². The number of primary amides is 1. The molecule has 4 aromatic rings. The quantitative estimate of drug-likeness (QED) is 0.414. The van der Waals surface area contributed by atoms with Gasteiger partial charge in [-0.15, -0.1) is 0 Å². The molecule has 3 N–H and O–H groups in total. The van der Waals surface area contributed by atoms with E-state index in [2.05, 4.69) is 10.2 Å². The summed E-state index contributed by atoms with van der Waals surface area (Å²) in [5, 5.41) is 8.24. The maximum atomic E-state index is 12.7. The molecule has 10 heteroatoms. The van der Waals surface area contributed by atoms with Crippen LogP contribution in [0.1, 0.15) is 6.92 Å². The fourth-order valence-corrected chi connectivity index (χ4v) is 3.61. The van der Waals surface area contributed by atoms with Gasteiger partial charge < -0.3 is 15.0 Å². The van der Waals surface area contributed by atoms with Crippen LogP contribution in [0.15, 0.2) is 54.7 Å². The third kappa shape index (κ3) is 4.29. The van der Waals surface area contributed by atoms with Crippen molar-refractivity contribution in [3.05, 3.63) is 59.8 Å². The summed E-state index contributed by atoms with van der Waals surface area (Å²) in [6, 6.07) is 13.8. The number of hydrogen-bond acceptors (Lipinski definition) is 3. The Morgan fingerprint density at radius 3 is 2.72 bits per heavy atom. The van der Waals surface area contributed by atoms with Gasteiger partial charge in [0, 0.05) is 28.2 Å². The van der Waals surface area contributed by atoms with E-state index in [4.69, 9.17) is 22.1 Å². The summed E-state index contributed by atoms with van der Waals surface area (Å²) < 4.78 is 44.9. The number of nitrogens with two attached hydrogens (primary N) is 1. The summed E-state index contributed by atoms with van der Waals surface area (Å²) in [5.74, 6) is -0.498. The van der Waals surface area contributed by atoms with Crippen LogP contribution in [0.5, 0.6) is 5.75 Å². The van der Waals surface area contributed by atoms with Gasteiger partial charge >= 0.3 is 6.18 Å². The number of benzene rings is 2. The number of halogens is 4. The van der Waals surface area contributed by atoms with E-state index in [1.165, 1.54) is 12.1 Å². The lowest BCUT2D eigenvalue weighted by Gasteiger charge is -2.18. The molecule has 0 saturated carbocycles. The number of carbonyl (C=O) groups excluding carboxylic acids is 1. The molecular weight excluding hydrogens is 445 g/mol. The predicted octanol–water partition coefficient (Wildman–Crippen LogP) is 5.17. The third-order valence-corrected chi connectivity index (χ3v) is 5.30. The molecule has 0 radical (unpaired) electrons. The monoisotopic (exact) mass is 462 g/mol. The molecule has 166 valence electrons. The molecule has 0 aliphatic heterocycles. The number of hydrogen-bond donors (Lipinski definition) is 2. The van der Waals surface area contributed by atoms with E-state index in [9.17, 15) is 18.0 Å². The number of alkyl halides is 3. The Morgan fingerprint density at radius 2 is 2.03 bits per heavy atom. The van der Waals surface area contributed by atoms with Gasteiger partial charge in [0.25, 0.3) is 0 Å². The van der Waals surface area contributed by atoms with Crippen molar-refractivity contribution < 1.29 is 22.7 Å². The molecule has 1 atom stereocenters. The van der Waals surface area contributed by atoms with Crippen molar-refractivity contribution in [2.45, 2.75) is 25.7 Å². The highest BCUT2D eigenvalue weighted by atomic mass is 35.5. The number of aromatic nitrogens is 3. The second-order valence-electron chi connectivity index (χ2n) is 7.26. The van der Waals surface area contributed by atoms with Crippen LogP contribution in [0.3, 0.4) is 0 Å². The van der Waals surface area contributed by atoms with Crippen molar-refractivity contribution in [3.8, 4) is 28.3 Å². The molecule has 32 heavy (non-hydrogen) atoms. The molecular formula is C22H18ClF3N4O2. The SMILES string of the molecule is CC(Oc1ccc(-c2cc(-c3cccc4c3ccn4CC(N)=O)[nH]n2)cc1Cl)C(F)(F)F. The fourth-order valence-electron chi connectivity index (χ4n) is 3.38. The summed E-state index contributed by atoms with van der Waals surface area (Å²) in [4.78, 5) is 11.3. The normalized spacial score (nSPS) is 12.8. The van der Waals surface area contributed by atoms with Gasteiger partial charge in [-0.1, -0.05) is 23.7 Å². The van der Waals surface area contributed by atoms with Crippen LogP contribution < -0.4 is 10.5 Å². The van der Waals surface area contributed by atoms with Crippen LogP contribution >= 0.6 is 11.6 Å². The zero-order valence-electron chi connectivity index (χ0n) is 16.8. The van der Waals surface area contributed by atoms with E-state index in [-0.39, 0.29) is 17.3 Å². The Kier molecular flexibility index (Phi) is 5.60. The van der Waals surface area contributed by atoms with Crippen molar-refractivity contribution in [2.24, 2.45) is 5.73 Å². The molecule has 4 rings (SSSR count). The minimum absolute atomic E-state index is 0.0498. The number of amides is 1. The fraction of sp³-hybridized carbons (Fsp3) is 0.182. The first kappa shape index (κ1) is 21.8. The minimum Gasteiger partial charge on any atom is -0.480 e. The molecule has 1 amide bonds. The van der Waals surface area contributed by atoms with Crippen molar-refractivity contribution in [1.29, 1.82) is 0 Å². The molecule has 6 nitrogen and oxygen atoms in total. The van der Waals surface area contributed by atoms with Crippen molar-refractivity contribution >= 4 is 28.4 Å². The van der Waals surface area contributed by atoms with Gasteiger partial charge in [-0.3, -0.25) is 9.89 Å². The molecule has 2 aromatic carbocycles. The molecule has 2 heterocycles. The van der Waals surface area contributed by atoms with Crippen LogP contribution in [0.2, 0.25) is 5.02 Å². The summed E-state index contributed by atoms with van der Waals surface area (Å²) in [7, 11) is 0. The number of fused-ring (bicyclic) bond motifs is 1. The van der Waals surface area contributed by atoms with E-state index >= 15 is 0 Å². The van der Waals surface area contributed by atoms with E-state index in [0.717, 1.165) is 29.1 Å². The van der Waals surface area contributed by atoms with Gasteiger partial charge in [-0.25, -0.2) is 0 Å². The van der Waals surface area contributed by atoms with E-state index in [0.29, 0.717) is 11.3 Å². The summed E-state index contributed by atoms with van der Waals surface area (Å²) >= 11 is 6.15. The van der Waals surface area contributed by atoms with Gasteiger partial charge in [0.2, 0.25) is 5.91 Å². The van der Waals surface area contributed by atoms with Gasteiger partial charge in [-0.05, 0) is 43.3 Å². The number of rotatable bonds is 6. The van der Waals surface area contributed by atoms with E-state index in [1.807, 2.05) is 30.3 Å². The van der Waals surface area contributed by atoms with Crippen LogP contribution in [0.25, 0.3) is 33.4 Å². The Balaban J connectivity index is 1.63. The topological polar surface area (TPSA) is 85.9 Å². The zero-order valence-corrected chi connectivity index (χ0v) is 17.5. The lowest BCUT2D eigenvalue weighted by Crippen LogP contribution is -2.31. The van der Waals surface area contributed by atoms with Crippen LogP contribution in [-0.2, 0) is 11.3 Å². The molecule has 0 bridgehead atoms. The average Bonchev–Trinajstić information content (AvgIpc) is 3.36. The highest BCUT2D eigenvalue weighted by molar-refractivity contribution is 6.32. The molecule has 1 unspecified atom stereocenters. The van der Waals surface area contributed by atoms with Crippen molar-refractivity contribution in [1.82, 2.24) is 14.8 Å². The molecule has 0 saturated heterocycles. The van der Waals surface area contributed by atoms with Crippen LogP contribution in [0, 0.1) is 0 Å². The number of carbonyl (C=O) groups is 1. The maximum absolute atomic E-state index is 12.7. The zero-order chi connectivity index (χ0) is 23.0. The molecule has 0 aliphatic carbocycles. The smallest absolute Gasteiger partial charge is 0.425 e. The maximum Gasteiger partial charge on any atom is 0.425 e. The molecule has 2 aromatic heterocycles. The van der Waals surface area contributed by atoms with Gasteiger partial charge in [0.15, 0.2) is 6.10 Å². The van der Waals surface area contributed by atoms with Crippen LogP contribution in [0.4, 0.5) is 13.2 Å². The van der Waals surface area contributed by atoms with Crippen LogP contribution in [-0.4, -0.2) is 33.0 Å². The summed E-state index contributed by atoms with van der Waals surface area (Å²) in [6.45, 7) is 0.989. The number of aromatic amines is 1. The van der Waals surface area contributed by atoms with Gasteiger partial charge in [-0.2, -0.15) is 18.3 Å². The highest BCUT2D eigenvalue weighted by Gasteiger charge is 2.38. The first-order chi connectivity index (χ1) is 15.1. The van der Waals surface area contributed by atoms with Crippen molar-refractivity contribution in [3.63, 3.8) is 0 Å². The summed E-state index contributed by atoms with van der Waals surface area (Å²) in [6.07, 6.45) is -4.68. The Labute approximate surface area is 185 Å². The van der Waals surface area contributed by atoms with Crippen molar-refractivity contribution in [2.75, 3.05) is 0 Å². The number of nitrogens with one attached hydrogen (secondary N) is 1. The summed E-state index contributed by atoms with van der Waals surface area (Å²) in [5.41, 5.74) is 8.93. The predicted molar refractivity (Wildman–Crippen MR) is 115 cm³/mol. The first-order valence-electron chi connectivity index (χ1n) is 9.58. The lowest BCUT2D eigenvalue weighted by atomic mass is 10.1. The lowest BCUT2D eigenvalue weighted by molar-refractivity contribution is -0.189. The van der Waals surface area contributed by atoms with Gasteiger partial charge in [0.1, 0.15) is 12.3 Å². The second kappa shape index (κ2) is 8.23. The molecule has 0 spiro atoms. The standard InChI is InChI=1S/C22H18ClF3N4O2/c1-12(22(24,25)26)32-20-6-5-13(9-16(20)23)17-10-18(29-28-17)14-3-2-4-19-15(14)7-8-30(19)11-21(27)31/h2-10,12H,11H2,1H3,(H2,27,31)(H,28,29). The Hall–Kier alpha value is -3.46. The second-order valence-corrected chi connectivity index (χ2v) is 7.67. The highest BCUT2D eigenvalue weighted by Crippen LogP contribution is 2.35. The molecule has 0 aliphatic rings. The first-order valence-corrected chi connectivity index (χ1v) is 9.96. The Morgan fingerprint density at radius 1 is 1.25 bits per heavy atom. The largest absolute Gasteiger partial charge is 0.480 e. The number of ether oxygens (including phenoxy) is 1. The molecule has 0 fully saturated rings. The number of nitrogens with zero attached hydrogens (tertiary/aromatic N) is 2.